The average Bonchev–Trinajstić information content (AvgIpc) is 3.13. The number of phenolic OH excluding ortho intramolecular Hbond substituents is 1. The van der Waals surface area contributed by atoms with E-state index in [1.165, 1.54) is 12.1 Å². The third-order valence-corrected chi connectivity index (χ3v) is 4.11. The predicted molar refractivity (Wildman–Crippen MR) is 92.8 cm³/mol. The zero-order valence-corrected chi connectivity index (χ0v) is 13.6. The highest BCUT2D eigenvalue weighted by Gasteiger charge is 2.19. The SMILES string of the molecule is O=C(COC(=O)c1cc2ccccc2cc1O)c1ccc2c(c1)OCO2. The molecule has 3 aromatic rings. The van der Waals surface area contributed by atoms with E-state index in [1.54, 1.807) is 18.2 Å². The molecule has 26 heavy (non-hydrogen) atoms. The zero-order chi connectivity index (χ0) is 18.1. The second-order valence-corrected chi connectivity index (χ2v) is 5.78. The molecular weight excluding hydrogens is 336 g/mol. The Kier molecular flexibility index (Phi) is 3.93. The topological polar surface area (TPSA) is 82.1 Å². The monoisotopic (exact) mass is 350 g/mol. The molecule has 0 spiro atoms. The third-order valence-electron chi connectivity index (χ3n) is 4.11. The summed E-state index contributed by atoms with van der Waals surface area (Å²) in [4.78, 5) is 24.5. The lowest BCUT2D eigenvalue weighted by atomic mass is 10.1. The molecule has 1 N–H and O–H groups in total. The van der Waals surface area contributed by atoms with Gasteiger partial charge in [-0.15, -0.1) is 0 Å². The Morgan fingerprint density at radius 1 is 0.962 bits per heavy atom. The number of fused-ring (bicyclic) bond motifs is 2. The van der Waals surface area contributed by atoms with Gasteiger partial charge in [0.05, 0.1) is 0 Å². The number of Topliss-reactive ketones (excluding diaryl/α,β-unsaturated/α-hetero) is 1. The number of hydrogen-bond acceptors (Lipinski definition) is 6. The standard InChI is InChI=1S/C20H14O6/c21-16-8-13-4-2-1-3-12(13)7-15(16)20(23)24-10-17(22)14-5-6-18-19(9-14)26-11-25-18/h1-9,21H,10-11H2. The van der Waals surface area contributed by atoms with Gasteiger partial charge < -0.3 is 19.3 Å². The maximum absolute atomic E-state index is 12.3. The summed E-state index contributed by atoms with van der Waals surface area (Å²) < 4.78 is 15.5. The van der Waals surface area contributed by atoms with Crippen molar-refractivity contribution in [3.63, 3.8) is 0 Å². The molecule has 0 radical (unpaired) electrons. The summed E-state index contributed by atoms with van der Waals surface area (Å²) in [6, 6.07) is 15.1. The van der Waals surface area contributed by atoms with E-state index in [-0.39, 0.29) is 23.9 Å². The Balaban J connectivity index is 1.48. The van der Waals surface area contributed by atoms with Crippen molar-refractivity contribution in [1.82, 2.24) is 0 Å². The smallest absolute Gasteiger partial charge is 0.342 e. The van der Waals surface area contributed by atoms with Crippen molar-refractivity contribution in [2.75, 3.05) is 13.4 Å². The first kappa shape index (κ1) is 16.0. The van der Waals surface area contributed by atoms with E-state index >= 15 is 0 Å². The molecule has 0 unspecified atom stereocenters. The molecule has 6 heteroatoms. The summed E-state index contributed by atoms with van der Waals surface area (Å²) in [6.45, 7) is -0.325. The van der Waals surface area contributed by atoms with Gasteiger partial charge in [-0.05, 0) is 41.1 Å². The first-order valence-electron chi connectivity index (χ1n) is 7.93. The fourth-order valence-electron chi connectivity index (χ4n) is 2.75. The molecule has 3 aromatic carbocycles. The molecule has 0 aromatic heterocycles. The molecular formula is C20H14O6. The molecule has 4 rings (SSSR count). The van der Waals surface area contributed by atoms with Crippen LogP contribution in [0.25, 0.3) is 10.8 Å². The molecule has 0 fully saturated rings. The van der Waals surface area contributed by atoms with Crippen molar-refractivity contribution < 1.29 is 28.9 Å². The zero-order valence-electron chi connectivity index (χ0n) is 13.6. The van der Waals surface area contributed by atoms with Gasteiger partial charge in [0.1, 0.15) is 11.3 Å². The molecule has 0 atom stereocenters. The average molecular weight is 350 g/mol. The second kappa shape index (κ2) is 6.40. The van der Waals surface area contributed by atoms with E-state index in [0.29, 0.717) is 17.1 Å². The van der Waals surface area contributed by atoms with Crippen LogP contribution in [-0.4, -0.2) is 30.3 Å². The number of hydrogen-bond donors (Lipinski definition) is 1. The minimum atomic E-state index is -0.762. The van der Waals surface area contributed by atoms with Gasteiger partial charge >= 0.3 is 5.97 Å². The Morgan fingerprint density at radius 3 is 2.50 bits per heavy atom. The Hall–Kier alpha value is -3.54. The minimum absolute atomic E-state index is 0.0159. The Labute approximate surface area is 148 Å². The van der Waals surface area contributed by atoms with Crippen LogP contribution in [0.15, 0.2) is 54.6 Å². The van der Waals surface area contributed by atoms with Crippen LogP contribution in [-0.2, 0) is 4.74 Å². The fraction of sp³-hybridized carbons (Fsp3) is 0.100. The van der Waals surface area contributed by atoms with Crippen molar-refractivity contribution in [3.8, 4) is 17.2 Å². The fourth-order valence-corrected chi connectivity index (χ4v) is 2.75. The first-order valence-corrected chi connectivity index (χ1v) is 7.93. The molecule has 0 saturated carbocycles. The lowest BCUT2D eigenvalue weighted by Crippen LogP contribution is -2.14. The highest BCUT2D eigenvalue weighted by Crippen LogP contribution is 2.32. The molecule has 1 aliphatic rings. The van der Waals surface area contributed by atoms with Crippen LogP contribution < -0.4 is 9.47 Å². The molecule has 1 aliphatic heterocycles. The number of carbonyl (C=O) groups excluding carboxylic acids is 2. The predicted octanol–water partition coefficient (Wildman–Crippen LogP) is 3.31. The van der Waals surface area contributed by atoms with Gasteiger partial charge in [0.15, 0.2) is 23.9 Å². The van der Waals surface area contributed by atoms with Gasteiger partial charge in [0.2, 0.25) is 6.79 Å². The van der Waals surface area contributed by atoms with Gasteiger partial charge in [-0.2, -0.15) is 0 Å². The van der Waals surface area contributed by atoms with Gasteiger partial charge in [0.25, 0.3) is 0 Å². The van der Waals surface area contributed by atoms with E-state index < -0.39 is 12.6 Å². The molecule has 0 saturated heterocycles. The van der Waals surface area contributed by atoms with Crippen molar-refractivity contribution in [2.24, 2.45) is 0 Å². The highest BCUT2D eigenvalue weighted by molar-refractivity contribution is 6.02. The quantitative estimate of drug-likeness (QED) is 0.574. The molecule has 130 valence electrons. The summed E-state index contributed by atoms with van der Waals surface area (Å²) in [7, 11) is 0. The van der Waals surface area contributed by atoms with Crippen LogP contribution in [0.4, 0.5) is 0 Å². The van der Waals surface area contributed by atoms with Crippen LogP contribution in [0.5, 0.6) is 17.2 Å². The van der Waals surface area contributed by atoms with Crippen LogP contribution in [0.2, 0.25) is 0 Å². The first-order chi connectivity index (χ1) is 12.6. The summed E-state index contributed by atoms with van der Waals surface area (Å²) in [5, 5.41) is 11.6. The summed E-state index contributed by atoms with van der Waals surface area (Å²) in [5.74, 6) is -0.280. The third kappa shape index (κ3) is 2.93. The molecule has 6 nitrogen and oxygen atoms in total. The van der Waals surface area contributed by atoms with Gasteiger partial charge in [-0.3, -0.25) is 4.79 Å². The normalized spacial score (nSPS) is 12.2. The minimum Gasteiger partial charge on any atom is -0.507 e. The maximum atomic E-state index is 12.3. The molecule has 0 aliphatic carbocycles. The lowest BCUT2D eigenvalue weighted by Gasteiger charge is -2.08. The van der Waals surface area contributed by atoms with Crippen LogP contribution in [0.1, 0.15) is 20.7 Å². The van der Waals surface area contributed by atoms with Crippen LogP contribution in [0.3, 0.4) is 0 Å². The summed E-state index contributed by atoms with van der Waals surface area (Å²) in [5.41, 5.74) is 0.368. The number of carbonyl (C=O) groups is 2. The maximum Gasteiger partial charge on any atom is 0.342 e. The summed E-state index contributed by atoms with van der Waals surface area (Å²) in [6.07, 6.45) is 0. The number of phenols is 1. The highest BCUT2D eigenvalue weighted by atomic mass is 16.7. The number of esters is 1. The van der Waals surface area contributed by atoms with E-state index in [1.807, 2.05) is 24.3 Å². The van der Waals surface area contributed by atoms with Crippen molar-refractivity contribution in [1.29, 1.82) is 0 Å². The molecule has 1 heterocycles. The van der Waals surface area contributed by atoms with Gasteiger partial charge in [-0.25, -0.2) is 4.79 Å². The number of ether oxygens (including phenoxy) is 3. The number of rotatable bonds is 4. The van der Waals surface area contributed by atoms with Gasteiger partial charge in [0, 0.05) is 5.56 Å². The van der Waals surface area contributed by atoms with Crippen LogP contribution >= 0.6 is 0 Å². The second-order valence-electron chi connectivity index (χ2n) is 5.78. The van der Waals surface area contributed by atoms with Crippen molar-refractivity contribution >= 4 is 22.5 Å². The number of ketones is 1. The Morgan fingerprint density at radius 2 is 1.69 bits per heavy atom. The van der Waals surface area contributed by atoms with Crippen LogP contribution in [0, 0.1) is 0 Å². The largest absolute Gasteiger partial charge is 0.507 e. The number of benzene rings is 3. The molecule has 0 amide bonds. The molecule has 0 bridgehead atoms. The van der Waals surface area contributed by atoms with Gasteiger partial charge in [-0.1, -0.05) is 24.3 Å². The van der Waals surface area contributed by atoms with Crippen molar-refractivity contribution in [3.05, 3.63) is 65.7 Å². The van der Waals surface area contributed by atoms with E-state index in [9.17, 15) is 14.7 Å². The lowest BCUT2D eigenvalue weighted by molar-refractivity contribution is 0.0472. The number of aromatic hydroxyl groups is 1. The Bertz CT molecular complexity index is 1020. The summed E-state index contributed by atoms with van der Waals surface area (Å²) >= 11 is 0. The van der Waals surface area contributed by atoms with E-state index in [2.05, 4.69) is 0 Å². The van der Waals surface area contributed by atoms with E-state index in [4.69, 9.17) is 14.2 Å². The van der Waals surface area contributed by atoms with Crippen molar-refractivity contribution in [2.45, 2.75) is 0 Å². The van der Waals surface area contributed by atoms with E-state index in [0.717, 1.165) is 10.8 Å².